The Morgan fingerprint density at radius 1 is 1.21 bits per heavy atom. The van der Waals surface area contributed by atoms with Crippen LogP contribution in [0, 0.1) is 0 Å². The van der Waals surface area contributed by atoms with E-state index in [0.717, 1.165) is 35.6 Å². The monoisotopic (exact) mass is 384 g/mol. The lowest BCUT2D eigenvalue weighted by Crippen LogP contribution is -2.34. The molecule has 0 radical (unpaired) electrons. The molecule has 148 valence electrons. The number of nitrogens with zero attached hydrogens (tertiary/aromatic N) is 2. The number of ether oxygens (including phenoxy) is 4. The molecule has 7 heteroatoms. The Morgan fingerprint density at radius 2 is 2.00 bits per heavy atom. The number of oxime groups is 1. The molecule has 28 heavy (non-hydrogen) atoms. The van der Waals surface area contributed by atoms with E-state index in [4.69, 9.17) is 18.9 Å². The first-order valence-corrected chi connectivity index (χ1v) is 9.21. The van der Waals surface area contributed by atoms with Gasteiger partial charge in [0.15, 0.2) is 11.5 Å². The molecule has 0 aromatic heterocycles. The van der Waals surface area contributed by atoms with Crippen molar-refractivity contribution >= 4 is 5.71 Å². The van der Waals surface area contributed by atoms with E-state index in [2.05, 4.69) is 17.1 Å². The maximum Gasteiger partial charge on any atom is 0.231 e. The summed E-state index contributed by atoms with van der Waals surface area (Å²) in [6, 6.07) is 9.54. The van der Waals surface area contributed by atoms with Crippen LogP contribution in [0.3, 0.4) is 0 Å². The molecule has 2 aliphatic rings. The van der Waals surface area contributed by atoms with E-state index in [1.54, 1.807) is 14.2 Å². The average Bonchev–Trinajstić information content (AvgIpc) is 3.20. The van der Waals surface area contributed by atoms with E-state index in [1.165, 1.54) is 5.56 Å². The summed E-state index contributed by atoms with van der Waals surface area (Å²) >= 11 is 0. The number of hydrogen-bond acceptors (Lipinski definition) is 7. The van der Waals surface area contributed by atoms with Crippen LogP contribution in [0.1, 0.15) is 29.2 Å². The Morgan fingerprint density at radius 3 is 2.68 bits per heavy atom. The fourth-order valence-corrected chi connectivity index (χ4v) is 3.97. The van der Waals surface area contributed by atoms with Crippen molar-refractivity contribution in [1.29, 1.82) is 0 Å². The predicted molar refractivity (Wildman–Crippen MR) is 104 cm³/mol. The number of fused-ring (bicyclic) bond motifs is 2. The lowest BCUT2D eigenvalue weighted by atomic mass is 9.87. The smallest absolute Gasteiger partial charge is 0.231 e. The standard InChI is InChI=1S/C21H24N2O5/c1-23-9-8-14-10-18-20(28-12-27-18)21(26-3)19(14)17(23)11-16(22-24)13-4-6-15(25-2)7-5-13/h4-7,10,17,24H,8-9,11-12H2,1-3H3/b22-16+/t17-/m0/s1. The third-order valence-corrected chi connectivity index (χ3v) is 5.48. The summed E-state index contributed by atoms with van der Waals surface area (Å²) in [6.45, 7) is 1.09. The summed E-state index contributed by atoms with van der Waals surface area (Å²) in [5.74, 6) is 2.84. The van der Waals surface area contributed by atoms with Gasteiger partial charge in [-0.2, -0.15) is 0 Å². The van der Waals surface area contributed by atoms with Crippen LogP contribution in [0.5, 0.6) is 23.0 Å². The maximum atomic E-state index is 9.71. The summed E-state index contributed by atoms with van der Waals surface area (Å²) in [5, 5.41) is 13.3. The Hall–Kier alpha value is -2.93. The van der Waals surface area contributed by atoms with Crippen LogP contribution in [0.2, 0.25) is 0 Å². The van der Waals surface area contributed by atoms with Crippen molar-refractivity contribution in [2.24, 2.45) is 5.16 Å². The molecule has 2 aromatic rings. The highest BCUT2D eigenvalue weighted by atomic mass is 16.7. The zero-order chi connectivity index (χ0) is 19.7. The van der Waals surface area contributed by atoms with Crippen molar-refractivity contribution in [2.75, 3.05) is 34.6 Å². The van der Waals surface area contributed by atoms with Gasteiger partial charge in [-0.1, -0.05) is 5.16 Å². The topological polar surface area (TPSA) is 72.8 Å². The molecule has 2 aromatic carbocycles. The van der Waals surface area contributed by atoms with Crippen LogP contribution >= 0.6 is 0 Å². The molecular formula is C21H24N2O5. The molecule has 1 atom stereocenters. The van der Waals surface area contributed by atoms with Gasteiger partial charge in [-0.05, 0) is 54.9 Å². The lowest BCUT2D eigenvalue weighted by Gasteiger charge is -2.36. The number of rotatable bonds is 5. The Bertz CT molecular complexity index is 895. The van der Waals surface area contributed by atoms with Gasteiger partial charge in [0.2, 0.25) is 12.5 Å². The van der Waals surface area contributed by atoms with Crippen molar-refractivity contribution in [1.82, 2.24) is 4.90 Å². The fourth-order valence-electron chi connectivity index (χ4n) is 3.97. The lowest BCUT2D eigenvalue weighted by molar-refractivity contribution is 0.170. The Balaban J connectivity index is 1.72. The summed E-state index contributed by atoms with van der Waals surface area (Å²) < 4.78 is 22.2. The van der Waals surface area contributed by atoms with Gasteiger partial charge in [-0.3, -0.25) is 4.90 Å². The van der Waals surface area contributed by atoms with Gasteiger partial charge in [0.25, 0.3) is 0 Å². The summed E-state index contributed by atoms with van der Waals surface area (Å²) in [5.41, 5.74) is 3.70. The molecule has 0 saturated carbocycles. The van der Waals surface area contributed by atoms with E-state index in [1.807, 2.05) is 30.3 Å². The minimum Gasteiger partial charge on any atom is -0.497 e. The largest absolute Gasteiger partial charge is 0.497 e. The molecule has 0 spiro atoms. The van der Waals surface area contributed by atoms with Crippen molar-refractivity contribution in [3.8, 4) is 23.0 Å². The van der Waals surface area contributed by atoms with E-state index in [9.17, 15) is 5.21 Å². The molecule has 0 unspecified atom stereocenters. The highest BCUT2D eigenvalue weighted by Gasteiger charge is 2.34. The van der Waals surface area contributed by atoms with Crippen molar-refractivity contribution in [2.45, 2.75) is 18.9 Å². The first kappa shape index (κ1) is 18.4. The van der Waals surface area contributed by atoms with Crippen molar-refractivity contribution < 1.29 is 24.2 Å². The minimum atomic E-state index is -0.0128. The van der Waals surface area contributed by atoms with Crippen LogP contribution < -0.4 is 18.9 Å². The van der Waals surface area contributed by atoms with E-state index in [0.29, 0.717) is 23.6 Å². The number of likely N-dealkylation sites (N-methyl/N-ethyl adjacent to an activating group) is 1. The van der Waals surface area contributed by atoms with Gasteiger partial charge >= 0.3 is 0 Å². The molecule has 0 bridgehead atoms. The summed E-state index contributed by atoms with van der Waals surface area (Å²) in [7, 11) is 5.34. The average molecular weight is 384 g/mol. The molecule has 2 heterocycles. The van der Waals surface area contributed by atoms with Gasteiger partial charge in [-0.25, -0.2) is 0 Å². The summed E-state index contributed by atoms with van der Waals surface area (Å²) in [6.07, 6.45) is 1.42. The van der Waals surface area contributed by atoms with Gasteiger partial charge in [-0.15, -0.1) is 0 Å². The molecule has 0 fully saturated rings. The molecule has 0 aliphatic carbocycles. The Labute approximate surface area is 164 Å². The zero-order valence-corrected chi connectivity index (χ0v) is 16.3. The second-order valence-corrected chi connectivity index (χ2v) is 6.94. The quantitative estimate of drug-likeness (QED) is 0.485. The van der Waals surface area contributed by atoms with Gasteiger partial charge in [0, 0.05) is 24.6 Å². The van der Waals surface area contributed by atoms with E-state index in [-0.39, 0.29) is 12.8 Å². The number of hydrogen-bond donors (Lipinski definition) is 1. The molecule has 1 N–H and O–H groups in total. The molecule has 0 saturated heterocycles. The van der Waals surface area contributed by atoms with Gasteiger partial charge < -0.3 is 24.2 Å². The molecule has 7 nitrogen and oxygen atoms in total. The maximum absolute atomic E-state index is 9.71. The highest BCUT2D eigenvalue weighted by molar-refractivity contribution is 6.00. The molecule has 0 amide bonds. The highest BCUT2D eigenvalue weighted by Crippen LogP contribution is 2.50. The predicted octanol–water partition coefficient (Wildman–Crippen LogP) is 3.23. The molecule has 4 rings (SSSR count). The normalized spacial score (nSPS) is 18.7. The van der Waals surface area contributed by atoms with Gasteiger partial charge in [0.05, 0.1) is 19.9 Å². The third-order valence-electron chi connectivity index (χ3n) is 5.48. The molecular weight excluding hydrogens is 360 g/mol. The van der Waals surface area contributed by atoms with Crippen molar-refractivity contribution in [3.05, 3.63) is 47.0 Å². The first-order chi connectivity index (χ1) is 13.7. The fraction of sp³-hybridized carbons (Fsp3) is 0.381. The van der Waals surface area contributed by atoms with Crippen LogP contribution in [-0.4, -0.2) is 50.4 Å². The van der Waals surface area contributed by atoms with Crippen LogP contribution in [-0.2, 0) is 6.42 Å². The minimum absolute atomic E-state index is 0.0128. The van der Waals surface area contributed by atoms with E-state index < -0.39 is 0 Å². The number of benzene rings is 2. The SMILES string of the molecule is COc1ccc(/C(C[C@H]2c3c(cc4c(c3OC)OCO4)CCN2C)=N/O)cc1. The first-order valence-electron chi connectivity index (χ1n) is 9.21. The van der Waals surface area contributed by atoms with Crippen LogP contribution in [0.15, 0.2) is 35.5 Å². The van der Waals surface area contributed by atoms with Crippen LogP contribution in [0.25, 0.3) is 0 Å². The zero-order valence-electron chi connectivity index (χ0n) is 16.3. The van der Waals surface area contributed by atoms with Crippen molar-refractivity contribution in [3.63, 3.8) is 0 Å². The number of methoxy groups -OCH3 is 2. The van der Waals surface area contributed by atoms with Gasteiger partial charge in [0.1, 0.15) is 5.75 Å². The van der Waals surface area contributed by atoms with E-state index >= 15 is 0 Å². The molecule has 2 aliphatic heterocycles. The Kier molecular flexibility index (Phi) is 5.00. The summed E-state index contributed by atoms with van der Waals surface area (Å²) in [4.78, 5) is 2.25. The third kappa shape index (κ3) is 3.11. The van der Waals surface area contributed by atoms with Crippen LogP contribution in [0.4, 0.5) is 0 Å². The second-order valence-electron chi connectivity index (χ2n) is 6.94. The second kappa shape index (κ2) is 7.59.